The van der Waals surface area contributed by atoms with E-state index in [4.69, 9.17) is 8.83 Å². The van der Waals surface area contributed by atoms with Crippen molar-refractivity contribution in [2.45, 2.75) is 77.0 Å². The standard InChI is InChI=1S/C78H58N2O2/c1-75(2)57-35-37-66-68(51-24-14-18-28-64(51)81-66)67(57)55-42-60-53(41-61(55)75)47-33-30-45(39-58(47)76(60,3)4)79(44-32-36-63-54(38-44)48-22-13-17-27-62(48)80(63)43-20-10-9-11-21-43)46-31-34-50-59(40-46)78(7,8)73-71(50)74-70(52-25-15-19-29-65(52)82-74)69-49-23-12-16-26-56(49)77(5,6)72(69)73/h9-42H,1-8H3. The van der Waals surface area contributed by atoms with E-state index < -0.39 is 0 Å². The van der Waals surface area contributed by atoms with E-state index in [1.54, 1.807) is 0 Å². The summed E-state index contributed by atoms with van der Waals surface area (Å²) in [7, 11) is 0. The van der Waals surface area contributed by atoms with Gasteiger partial charge in [-0.2, -0.15) is 0 Å². The van der Waals surface area contributed by atoms with Gasteiger partial charge in [-0.05, 0) is 174 Å². The van der Waals surface area contributed by atoms with Gasteiger partial charge >= 0.3 is 0 Å². The molecule has 0 aliphatic heterocycles. The van der Waals surface area contributed by atoms with Crippen molar-refractivity contribution in [3.63, 3.8) is 0 Å². The van der Waals surface area contributed by atoms with Gasteiger partial charge in [-0.15, -0.1) is 0 Å². The highest BCUT2D eigenvalue weighted by molar-refractivity contribution is 6.21. The molecular weight excluding hydrogens is 997 g/mol. The van der Waals surface area contributed by atoms with Crippen LogP contribution in [0.2, 0.25) is 0 Å². The van der Waals surface area contributed by atoms with E-state index in [1.165, 1.54) is 132 Å². The van der Waals surface area contributed by atoms with Crippen LogP contribution in [0.25, 0.3) is 116 Å². The molecule has 0 unspecified atom stereocenters. The van der Waals surface area contributed by atoms with Crippen LogP contribution in [0, 0.1) is 0 Å². The fourth-order valence-corrected chi connectivity index (χ4v) is 16.5. The highest BCUT2D eigenvalue weighted by atomic mass is 16.3. The number of nitrogens with zero attached hydrogens (tertiary/aromatic N) is 2. The van der Waals surface area contributed by atoms with Crippen molar-refractivity contribution >= 4 is 82.7 Å². The van der Waals surface area contributed by atoms with Crippen LogP contribution < -0.4 is 4.90 Å². The first kappa shape index (κ1) is 46.4. The van der Waals surface area contributed by atoms with Crippen molar-refractivity contribution in [2.24, 2.45) is 0 Å². The molecule has 0 saturated heterocycles. The Labute approximate surface area is 476 Å². The summed E-state index contributed by atoms with van der Waals surface area (Å²) in [4.78, 5) is 2.54. The summed E-state index contributed by atoms with van der Waals surface area (Å²) in [5.41, 5.74) is 30.8. The molecule has 18 rings (SSSR count). The van der Waals surface area contributed by atoms with Crippen LogP contribution in [-0.4, -0.2) is 4.57 Å². The molecule has 0 amide bonds. The molecule has 3 aromatic heterocycles. The molecule has 0 radical (unpaired) electrons. The molecule has 4 nitrogen and oxygen atoms in total. The van der Waals surface area contributed by atoms with Crippen LogP contribution in [0.4, 0.5) is 17.1 Å². The Balaban J connectivity index is 0.856. The number of para-hydroxylation sites is 4. The van der Waals surface area contributed by atoms with Crippen LogP contribution in [0.3, 0.4) is 0 Å². The second kappa shape index (κ2) is 15.3. The van der Waals surface area contributed by atoms with Crippen molar-refractivity contribution in [3.8, 4) is 50.2 Å². The second-order valence-corrected chi connectivity index (χ2v) is 25.9. The second-order valence-electron chi connectivity index (χ2n) is 25.9. The molecule has 3 heterocycles. The van der Waals surface area contributed by atoms with Gasteiger partial charge in [0.25, 0.3) is 0 Å². The summed E-state index contributed by atoms with van der Waals surface area (Å²) in [6, 6.07) is 77.2. The fraction of sp³-hybridized carbons (Fsp3) is 0.154. The van der Waals surface area contributed by atoms with E-state index in [0.29, 0.717) is 0 Å². The van der Waals surface area contributed by atoms with Crippen LogP contribution in [0.15, 0.2) is 215 Å². The lowest BCUT2D eigenvalue weighted by Gasteiger charge is -2.32. The predicted octanol–water partition coefficient (Wildman–Crippen LogP) is 21.3. The molecule has 0 fully saturated rings. The topological polar surface area (TPSA) is 34.5 Å². The predicted molar refractivity (Wildman–Crippen MR) is 340 cm³/mol. The molecule has 0 saturated carbocycles. The van der Waals surface area contributed by atoms with Gasteiger partial charge in [0, 0.05) is 82.3 Å². The largest absolute Gasteiger partial charge is 0.456 e. The first-order valence-electron chi connectivity index (χ1n) is 29.2. The average Bonchev–Trinajstić information content (AvgIpc) is 2.68. The van der Waals surface area contributed by atoms with Gasteiger partial charge in [0.2, 0.25) is 0 Å². The smallest absolute Gasteiger partial charge is 0.144 e. The molecule has 82 heavy (non-hydrogen) atoms. The number of benzene rings is 11. The highest BCUT2D eigenvalue weighted by Crippen LogP contribution is 2.64. The van der Waals surface area contributed by atoms with E-state index in [0.717, 1.165) is 45.1 Å². The van der Waals surface area contributed by atoms with E-state index in [1.807, 2.05) is 0 Å². The van der Waals surface area contributed by atoms with Gasteiger partial charge < -0.3 is 18.3 Å². The number of hydrogen-bond donors (Lipinski definition) is 0. The Morgan fingerprint density at radius 2 is 0.854 bits per heavy atom. The Morgan fingerprint density at radius 1 is 0.317 bits per heavy atom. The van der Waals surface area contributed by atoms with Crippen LogP contribution in [0.1, 0.15) is 99.9 Å². The van der Waals surface area contributed by atoms with E-state index >= 15 is 0 Å². The van der Waals surface area contributed by atoms with Crippen molar-refractivity contribution in [1.29, 1.82) is 0 Å². The summed E-state index contributed by atoms with van der Waals surface area (Å²) in [5.74, 6) is 0. The molecule has 4 aliphatic rings. The number of anilines is 3. The van der Waals surface area contributed by atoms with Gasteiger partial charge in [-0.25, -0.2) is 0 Å². The zero-order valence-electron chi connectivity index (χ0n) is 47.3. The monoisotopic (exact) mass is 1050 g/mol. The molecule has 11 aromatic carbocycles. The van der Waals surface area contributed by atoms with Gasteiger partial charge in [0.15, 0.2) is 0 Å². The minimum atomic E-state index is -0.376. The molecular formula is C78H58N2O2. The number of aromatic nitrogens is 1. The van der Waals surface area contributed by atoms with Crippen molar-refractivity contribution in [2.75, 3.05) is 4.90 Å². The summed E-state index contributed by atoms with van der Waals surface area (Å²) in [6.07, 6.45) is 0. The third-order valence-corrected chi connectivity index (χ3v) is 20.3. The number of furan rings is 2. The molecule has 392 valence electrons. The van der Waals surface area contributed by atoms with E-state index in [9.17, 15) is 0 Å². The Bertz CT molecular complexity index is 5230. The lowest BCUT2D eigenvalue weighted by atomic mass is 9.72. The normalized spacial score (nSPS) is 16.0. The zero-order chi connectivity index (χ0) is 55.1. The molecule has 4 heteroatoms. The minimum Gasteiger partial charge on any atom is -0.456 e. The zero-order valence-corrected chi connectivity index (χ0v) is 47.3. The van der Waals surface area contributed by atoms with Crippen LogP contribution in [-0.2, 0) is 21.7 Å². The van der Waals surface area contributed by atoms with Crippen LogP contribution in [0.5, 0.6) is 0 Å². The minimum absolute atomic E-state index is 0.199. The molecule has 14 aromatic rings. The first-order chi connectivity index (χ1) is 39.7. The van der Waals surface area contributed by atoms with Crippen LogP contribution >= 0.6 is 0 Å². The summed E-state index contributed by atoms with van der Waals surface area (Å²) < 4.78 is 16.1. The Hall–Kier alpha value is -9.38. The van der Waals surface area contributed by atoms with Gasteiger partial charge in [-0.1, -0.05) is 171 Å². The molecule has 0 spiro atoms. The van der Waals surface area contributed by atoms with E-state index in [-0.39, 0.29) is 21.7 Å². The quantitative estimate of drug-likeness (QED) is 0.176. The lowest BCUT2D eigenvalue weighted by Crippen LogP contribution is -2.24. The first-order valence-corrected chi connectivity index (χ1v) is 29.2. The molecule has 0 bridgehead atoms. The van der Waals surface area contributed by atoms with Gasteiger partial charge in [-0.3, -0.25) is 0 Å². The SMILES string of the molecule is CC1(C)c2cc(N(c3ccc4c(c3)C(C)(C)c3c5c(c6c(oc7ccccc76)c3-4)-c3ccccc3C5(C)C)c3ccc4c(c3)c3ccccc3n4-c3ccccc3)ccc2-c2cc3c(cc21)-c1c(ccc2oc4ccccc4c12)C3(C)C. The lowest BCUT2D eigenvalue weighted by molar-refractivity contribution is 0.600. The third-order valence-electron chi connectivity index (χ3n) is 20.3. The van der Waals surface area contributed by atoms with E-state index in [2.05, 4.69) is 271 Å². The fourth-order valence-electron chi connectivity index (χ4n) is 16.5. The summed E-state index contributed by atoms with van der Waals surface area (Å²) in [6.45, 7) is 19.4. The third kappa shape index (κ3) is 5.63. The molecule has 0 atom stereocenters. The number of fused-ring (bicyclic) bond motifs is 25. The van der Waals surface area contributed by atoms with Gasteiger partial charge in [0.05, 0.1) is 11.0 Å². The van der Waals surface area contributed by atoms with Gasteiger partial charge in [0.1, 0.15) is 22.3 Å². The maximum atomic E-state index is 7.14. The highest BCUT2D eigenvalue weighted by Gasteiger charge is 2.49. The maximum Gasteiger partial charge on any atom is 0.144 e. The van der Waals surface area contributed by atoms with Crippen molar-refractivity contribution in [1.82, 2.24) is 4.57 Å². The Morgan fingerprint density at radius 3 is 1.63 bits per heavy atom. The average molecular weight is 1060 g/mol. The summed E-state index contributed by atoms with van der Waals surface area (Å²) in [5, 5.41) is 7.23. The van der Waals surface area contributed by atoms with Crippen molar-refractivity contribution in [3.05, 3.63) is 251 Å². The number of rotatable bonds is 4. The number of hydrogen-bond acceptors (Lipinski definition) is 3. The Kier molecular flexibility index (Phi) is 8.67. The van der Waals surface area contributed by atoms with Crippen molar-refractivity contribution < 1.29 is 8.83 Å². The summed E-state index contributed by atoms with van der Waals surface area (Å²) >= 11 is 0. The molecule has 0 N–H and O–H groups in total. The maximum absolute atomic E-state index is 7.14. The molecule has 4 aliphatic carbocycles.